The van der Waals surface area contributed by atoms with E-state index in [9.17, 15) is 4.79 Å². The van der Waals surface area contributed by atoms with Crippen LogP contribution in [-0.2, 0) is 0 Å². The Balaban J connectivity index is 1.91. The van der Waals surface area contributed by atoms with Crippen molar-refractivity contribution >= 4 is 5.78 Å². The quantitative estimate of drug-likeness (QED) is 0.461. The standard InChI is InChI=1S/C22H29NO2/c1-4-21(18-10-6-5-7-11-18)22(24)19-12-14-20(15-13-19)25-17-9-8-16-23(2)3/h5-7,10-15,21H,4,8-9,16-17H2,1-3H3. The Morgan fingerprint density at radius 1 is 1.00 bits per heavy atom. The molecule has 0 saturated heterocycles. The summed E-state index contributed by atoms with van der Waals surface area (Å²) in [6, 6.07) is 17.6. The average Bonchev–Trinajstić information content (AvgIpc) is 2.63. The van der Waals surface area contributed by atoms with E-state index in [1.807, 2.05) is 54.6 Å². The summed E-state index contributed by atoms with van der Waals surface area (Å²) in [4.78, 5) is 15.0. The van der Waals surface area contributed by atoms with E-state index in [2.05, 4.69) is 25.9 Å². The summed E-state index contributed by atoms with van der Waals surface area (Å²) in [7, 11) is 4.16. The van der Waals surface area contributed by atoms with Gasteiger partial charge in [0.25, 0.3) is 0 Å². The van der Waals surface area contributed by atoms with E-state index >= 15 is 0 Å². The summed E-state index contributed by atoms with van der Waals surface area (Å²) in [5.41, 5.74) is 1.83. The van der Waals surface area contributed by atoms with Crippen molar-refractivity contribution in [1.82, 2.24) is 4.90 Å². The molecule has 25 heavy (non-hydrogen) atoms. The number of ether oxygens (including phenoxy) is 1. The first-order chi connectivity index (χ1) is 12.1. The molecule has 0 heterocycles. The molecule has 3 heteroatoms. The van der Waals surface area contributed by atoms with E-state index in [0.717, 1.165) is 42.7 Å². The second kappa shape index (κ2) is 10.00. The van der Waals surface area contributed by atoms with Crippen LogP contribution in [0.15, 0.2) is 54.6 Å². The fourth-order valence-corrected chi connectivity index (χ4v) is 2.89. The molecule has 3 nitrogen and oxygen atoms in total. The molecule has 1 atom stereocenters. The van der Waals surface area contributed by atoms with Crippen LogP contribution in [-0.4, -0.2) is 37.9 Å². The molecular formula is C22H29NO2. The predicted molar refractivity (Wildman–Crippen MR) is 104 cm³/mol. The van der Waals surface area contributed by atoms with Crippen LogP contribution in [0, 0.1) is 0 Å². The van der Waals surface area contributed by atoms with Crippen molar-refractivity contribution in [3.63, 3.8) is 0 Å². The number of rotatable bonds is 10. The number of benzene rings is 2. The fraction of sp³-hybridized carbons (Fsp3) is 0.409. The van der Waals surface area contributed by atoms with Crippen LogP contribution in [0.25, 0.3) is 0 Å². The van der Waals surface area contributed by atoms with Crippen LogP contribution in [0.2, 0.25) is 0 Å². The molecule has 0 N–H and O–H groups in total. The van der Waals surface area contributed by atoms with Gasteiger partial charge < -0.3 is 9.64 Å². The molecule has 0 radical (unpaired) electrons. The summed E-state index contributed by atoms with van der Waals surface area (Å²) in [6.45, 7) is 3.85. The number of Topliss-reactive ketones (excluding diaryl/α,β-unsaturated/α-hetero) is 1. The van der Waals surface area contributed by atoms with E-state index in [1.54, 1.807) is 0 Å². The molecule has 134 valence electrons. The van der Waals surface area contributed by atoms with Gasteiger partial charge in [-0.25, -0.2) is 0 Å². The van der Waals surface area contributed by atoms with Crippen LogP contribution in [0.5, 0.6) is 5.75 Å². The Labute approximate surface area is 151 Å². The lowest BCUT2D eigenvalue weighted by Crippen LogP contribution is -2.13. The zero-order valence-corrected chi connectivity index (χ0v) is 15.6. The Morgan fingerprint density at radius 2 is 1.68 bits per heavy atom. The third-order valence-electron chi connectivity index (χ3n) is 4.33. The van der Waals surface area contributed by atoms with Gasteiger partial charge in [0.15, 0.2) is 5.78 Å². The third-order valence-corrected chi connectivity index (χ3v) is 4.33. The van der Waals surface area contributed by atoms with Crippen molar-refractivity contribution in [2.75, 3.05) is 27.2 Å². The van der Waals surface area contributed by atoms with Crippen LogP contribution in [0.3, 0.4) is 0 Å². The smallest absolute Gasteiger partial charge is 0.170 e. The maximum atomic E-state index is 12.8. The van der Waals surface area contributed by atoms with Crippen molar-refractivity contribution < 1.29 is 9.53 Å². The van der Waals surface area contributed by atoms with Crippen LogP contribution in [0.4, 0.5) is 0 Å². The highest BCUT2D eigenvalue weighted by Crippen LogP contribution is 2.25. The minimum atomic E-state index is -0.0843. The number of nitrogens with zero attached hydrogens (tertiary/aromatic N) is 1. The summed E-state index contributed by atoms with van der Waals surface area (Å²) in [5, 5.41) is 0. The summed E-state index contributed by atoms with van der Waals surface area (Å²) in [6.07, 6.45) is 2.95. The van der Waals surface area contributed by atoms with Crippen molar-refractivity contribution in [2.45, 2.75) is 32.1 Å². The average molecular weight is 339 g/mol. The molecule has 0 bridgehead atoms. The maximum absolute atomic E-state index is 12.8. The van der Waals surface area contributed by atoms with Gasteiger partial charge in [-0.15, -0.1) is 0 Å². The highest BCUT2D eigenvalue weighted by Gasteiger charge is 2.19. The van der Waals surface area contributed by atoms with Crippen molar-refractivity contribution in [3.8, 4) is 5.75 Å². The lowest BCUT2D eigenvalue weighted by molar-refractivity contribution is 0.0957. The van der Waals surface area contributed by atoms with Crippen molar-refractivity contribution in [2.24, 2.45) is 0 Å². The molecule has 0 aliphatic carbocycles. The molecule has 2 rings (SSSR count). The molecule has 0 aromatic heterocycles. The predicted octanol–water partition coefficient (Wildman–Crippen LogP) is 4.78. The van der Waals surface area contributed by atoms with E-state index < -0.39 is 0 Å². The fourth-order valence-electron chi connectivity index (χ4n) is 2.89. The second-order valence-electron chi connectivity index (χ2n) is 6.62. The van der Waals surface area contributed by atoms with E-state index in [0.29, 0.717) is 6.61 Å². The van der Waals surface area contributed by atoms with Crippen molar-refractivity contribution in [3.05, 3.63) is 65.7 Å². The number of carbonyl (C=O) groups excluding carboxylic acids is 1. The number of hydrogen-bond acceptors (Lipinski definition) is 3. The molecular weight excluding hydrogens is 310 g/mol. The van der Waals surface area contributed by atoms with Gasteiger partial charge in [-0.2, -0.15) is 0 Å². The van der Waals surface area contributed by atoms with Gasteiger partial charge in [-0.05, 0) is 69.7 Å². The van der Waals surface area contributed by atoms with Gasteiger partial charge in [0, 0.05) is 11.5 Å². The zero-order valence-electron chi connectivity index (χ0n) is 15.6. The Bertz CT molecular complexity index is 635. The van der Waals surface area contributed by atoms with Crippen LogP contribution in [0.1, 0.15) is 48.0 Å². The third kappa shape index (κ3) is 6.02. The molecule has 0 saturated carbocycles. The Hall–Kier alpha value is -2.13. The molecule has 0 fully saturated rings. The van der Waals surface area contributed by atoms with E-state index in [1.165, 1.54) is 0 Å². The minimum Gasteiger partial charge on any atom is -0.494 e. The second-order valence-corrected chi connectivity index (χ2v) is 6.62. The maximum Gasteiger partial charge on any atom is 0.170 e. The first kappa shape index (κ1) is 19.2. The highest BCUT2D eigenvalue weighted by molar-refractivity contribution is 6.01. The molecule has 0 aliphatic rings. The SMILES string of the molecule is CCC(C(=O)c1ccc(OCCCCN(C)C)cc1)c1ccccc1. The molecule has 2 aromatic carbocycles. The lowest BCUT2D eigenvalue weighted by Gasteiger charge is -2.15. The Kier molecular flexibility index (Phi) is 7.68. The van der Waals surface area contributed by atoms with Gasteiger partial charge in [-0.3, -0.25) is 4.79 Å². The molecule has 0 spiro atoms. The van der Waals surface area contributed by atoms with E-state index in [-0.39, 0.29) is 11.7 Å². The molecule has 1 unspecified atom stereocenters. The monoisotopic (exact) mass is 339 g/mol. The number of hydrogen-bond donors (Lipinski definition) is 0. The summed E-state index contributed by atoms with van der Waals surface area (Å²) < 4.78 is 5.76. The highest BCUT2D eigenvalue weighted by atomic mass is 16.5. The summed E-state index contributed by atoms with van der Waals surface area (Å²) >= 11 is 0. The first-order valence-electron chi connectivity index (χ1n) is 9.08. The van der Waals surface area contributed by atoms with Crippen molar-refractivity contribution in [1.29, 1.82) is 0 Å². The van der Waals surface area contributed by atoms with Crippen LogP contribution >= 0.6 is 0 Å². The Morgan fingerprint density at radius 3 is 2.28 bits per heavy atom. The topological polar surface area (TPSA) is 29.5 Å². The summed E-state index contributed by atoms with van der Waals surface area (Å²) in [5.74, 6) is 0.916. The number of ketones is 1. The van der Waals surface area contributed by atoms with Gasteiger partial charge in [0.05, 0.1) is 6.61 Å². The van der Waals surface area contributed by atoms with Gasteiger partial charge in [-0.1, -0.05) is 37.3 Å². The normalized spacial score (nSPS) is 12.2. The molecule has 2 aromatic rings. The number of unbranched alkanes of at least 4 members (excludes halogenated alkanes) is 1. The van der Waals surface area contributed by atoms with Gasteiger partial charge >= 0.3 is 0 Å². The largest absolute Gasteiger partial charge is 0.494 e. The minimum absolute atomic E-state index is 0.0843. The van der Waals surface area contributed by atoms with Gasteiger partial charge in [0.2, 0.25) is 0 Å². The molecule has 0 amide bonds. The first-order valence-corrected chi connectivity index (χ1v) is 9.08. The number of carbonyl (C=O) groups is 1. The van der Waals surface area contributed by atoms with Gasteiger partial charge in [0.1, 0.15) is 5.75 Å². The van der Waals surface area contributed by atoms with Crippen LogP contribution < -0.4 is 4.74 Å². The zero-order chi connectivity index (χ0) is 18.1. The van der Waals surface area contributed by atoms with E-state index in [4.69, 9.17) is 4.74 Å². The lowest BCUT2D eigenvalue weighted by atomic mass is 9.89. The molecule has 0 aliphatic heterocycles.